The van der Waals surface area contributed by atoms with Crippen molar-refractivity contribution >= 4 is 40.0 Å². The molecule has 8 heteroatoms. The van der Waals surface area contributed by atoms with Crippen LogP contribution in [0.4, 0.5) is 0 Å². The number of rotatable bonds is 5. The fourth-order valence-electron chi connectivity index (χ4n) is 4.38. The summed E-state index contributed by atoms with van der Waals surface area (Å²) in [6, 6.07) is 7.71. The van der Waals surface area contributed by atoms with Gasteiger partial charge in [0.25, 0.3) is 0 Å². The molecular formula is C20H33IN4O2S. The van der Waals surface area contributed by atoms with Gasteiger partial charge < -0.3 is 10.2 Å². The number of guanidine groups is 1. The lowest BCUT2D eigenvalue weighted by molar-refractivity contribution is 0.203. The van der Waals surface area contributed by atoms with Gasteiger partial charge in [0, 0.05) is 26.7 Å². The van der Waals surface area contributed by atoms with Crippen molar-refractivity contribution < 1.29 is 8.42 Å². The molecule has 0 atom stereocenters. The van der Waals surface area contributed by atoms with Crippen molar-refractivity contribution in [1.82, 2.24) is 14.9 Å². The zero-order valence-electron chi connectivity index (χ0n) is 16.9. The number of nitrogens with zero attached hydrogens (tertiary/aromatic N) is 2. The van der Waals surface area contributed by atoms with E-state index in [2.05, 4.69) is 19.9 Å². The first-order valence-corrected chi connectivity index (χ1v) is 11.6. The lowest BCUT2D eigenvalue weighted by atomic mass is 9.73. The molecule has 1 saturated heterocycles. The van der Waals surface area contributed by atoms with Crippen LogP contribution in [0.25, 0.3) is 0 Å². The van der Waals surface area contributed by atoms with Gasteiger partial charge in [-0.1, -0.05) is 43.5 Å². The molecule has 2 N–H and O–H groups in total. The molecule has 1 aliphatic heterocycles. The summed E-state index contributed by atoms with van der Waals surface area (Å²) in [6.45, 7) is 2.89. The monoisotopic (exact) mass is 520 g/mol. The van der Waals surface area contributed by atoms with Gasteiger partial charge >= 0.3 is 0 Å². The summed E-state index contributed by atoms with van der Waals surface area (Å²) in [5.74, 6) is 0.980. The highest BCUT2D eigenvalue weighted by Crippen LogP contribution is 2.43. The number of benzene rings is 1. The number of hydrogen-bond acceptors (Lipinski definition) is 3. The quantitative estimate of drug-likeness (QED) is 0.356. The second-order valence-corrected chi connectivity index (χ2v) is 9.84. The molecule has 2 aliphatic rings. The molecule has 1 saturated carbocycles. The van der Waals surface area contributed by atoms with Crippen molar-refractivity contribution in [1.29, 1.82) is 0 Å². The van der Waals surface area contributed by atoms with Crippen LogP contribution in [0, 0.1) is 5.41 Å². The van der Waals surface area contributed by atoms with Crippen LogP contribution in [0.5, 0.6) is 0 Å². The Labute approximate surface area is 186 Å². The first kappa shape index (κ1) is 23.4. The van der Waals surface area contributed by atoms with Gasteiger partial charge in [0.05, 0.1) is 5.75 Å². The summed E-state index contributed by atoms with van der Waals surface area (Å²) in [6.07, 6.45) is 8.13. The summed E-state index contributed by atoms with van der Waals surface area (Å²) >= 11 is 0. The number of hydrogen-bond donors (Lipinski definition) is 2. The standard InChI is InChI=1S/C20H32N4O2S.HI/c1-21-19(24-13-12-20(16-24)10-4-3-5-11-20)23-14-17-6-8-18(9-7-17)15-27(25,26)22-2;/h6-9,22H,3-5,10-16H2,1-2H3,(H,21,23);1H. The molecule has 28 heavy (non-hydrogen) atoms. The largest absolute Gasteiger partial charge is 0.352 e. The van der Waals surface area contributed by atoms with Crippen molar-refractivity contribution in [3.63, 3.8) is 0 Å². The lowest BCUT2D eigenvalue weighted by Crippen LogP contribution is -2.41. The minimum absolute atomic E-state index is 0. The average molecular weight is 520 g/mol. The van der Waals surface area contributed by atoms with E-state index in [0.717, 1.165) is 30.2 Å². The van der Waals surface area contributed by atoms with Crippen molar-refractivity contribution in [2.24, 2.45) is 10.4 Å². The zero-order chi connectivity index (χ0) is 19.3. The van der Waals surface area contributed by atoms with Gasteiger partial charge in [0.1, 0.15) is 0 Å². The Morgan fingerprint density at radius 2 is 1.75 bits per heavy atom. The van der Waals surface area contributed by atoms with Gasteiger partial charge in [-0.25, -0.2) is 13.1 Å². The first-order valence-electron chi connectivity index (χ1n) is 9.90. The van der Waals surface area contributed by atoms with Gasteiger partial charge in [-0.2, -0.15) is 0 Å². The number of sulfonamides is 1. The maximum atomic E-state index is 11.6. The summed E-state index contributed by atoms with van der Waals surface area (Å²) < 4.78 is 25.6. The zero-order valence-corrected chi connectivity index (χ0v) is 20.1. The molecule has 1 aromatic carbocycles. The fraction of sp³-hybridized carbons (Fsp3) is 0.650. The van der Waals surface area contributed by atoms with E-state index in [0.29, 0.717) is 12.0 Å². The van der Waals surface area contributed by atoms with Crippen LogP contribution in [0.15, 0.2) is 29.3 Å². The van der Waals surface area contributed by atoms with Crippen LogP contribution in [-0.2, 0) is 22.3 Å². The van der Waals surface area contributed by atoms with Crippen molar-refractivity contribution in [3.8, 4) is 0 Å². The molecule has 1 heterocycles. The smallest absolute Gasteiger partial charge is 0.215 e. The van der Waals surface area contributed by atoms with E-state index in [9.17, 15) is 8.42 Å². The average Bonchev–Trinajstić information content (AvgIpc) is 3.07. The van der Waals surface area contributed by atoms with Crippen molar-refractivity contribution in [3.05, 3.63) is 35.4 Å². The Morgan fingerprint density at radius 1 is 1.11 bits per heavy atom. The van der Waals surface area contributed by atoms with E-state index in [1.807, 2.05) is 31.3 Å². The maximum absolute atomic E-state index is 11.6. The molecule has 1 aromatic rings. The predicted octanol–water partition coefficient (Wildman–Crippen LogP) is 3.09. The first-order chi connectivity index (χ1) is 13.0. The Kier molecular flexibility index (Phi) is 8.57. The Hall–Kier alpha value is -0.870. The maximum Gasteiger partial charge on any atom is 0.215 e. The molecule has 158 valence electrons. The van der Waals surface area contributed by atoms with Gasteiger partial charge in [-0.3, -0.25) is 4.99 Å². The molecule has 1 spiro atoms. The van der Waals surface area contributed by atoms with E-state index in [1.165, 1.54) is 45.6 Å². The molecule has 2 fully saturated rings. The molecule has 3 rings (SSSR count). The number of likely N-dealkylation sites (tertiary alicyclic amines) is 1. The molecule has 0 radical (unpaired) electrons. The van der Waals surface area contributed by atoms with Gasteiger partial charge in [-0.05, 0) is 42.9 Å². The number of aliphatic imine (C=N–C) groups is 1. The van der Waals surface area contributed by atoms with Crippen LogP contribution in [0.3, 0.4) is 0 Å². The normalized spacial score (nSPS) is 19.5. The third-order valence-electron chi connectivity index (χ3n) is 6.01. The molecule has 0 unspecified atom stereocenters. The molecule has 0 amide bonds. The molecule has 6 nitrogen and oxygen atoms in total. The SMILES string of the molecule is CN=C(NCc1ccc(CS(=O)(=O)NC)cc1)N1CCC2(CCCCC2)C1.I. The van der Waals surface area contributed by atoms with E-state index in [1.54, 1.807) is 0 Å². The van der Waals surface area contributed by atoms with E-state index in [4.69, 9.17) is 0 Å². The van der Waals surface area contributed by atoms with E-state index < -0.39 is 10.0 Å². The van der Waals surface area contributed by atoms with Crippen molar-refractivity contribution in [2.45, 2.75) is 50.8 Å². The third kappa shape index (κ3) is 6.06. The Balaban J connectivity index is 0.00000280. The fourth-order valence-corrected chi connectivity index (χ4v) is 5.16. The Bertz CT molecular complexity index is 759. The minimum atomic E-state index is -3.23. The van der Waals surface area contributed by atoms with Crippen LogP contribution in [-0.4, -0.2) is 46.5 Å². The molecule has 0 bridgehead atoms. The van der Waals surface area contributed by atoms with Crippen LogP contribution < -0.4 is 10.0 Å². The summed E-state index contributed by atoms with van der Waals surface area (Å²) in [4.78, 5) is 6.89. The molecule has 1 aliphatic carbocycles. The molecule has 0 aromatic heterocycles. The van der Waals surface area contributed by atoms with E-state index >= 15 is 0 Å². The Morgan fingerprint density at radius 3 is 2.36 bits per heavy atom. The second-order valence-electron chi connectivity index (χ2n) is 7.91. The second kappa shape index (κ2) is 10.2. The third-order valence-corrected chi connectivity index (χ3v) is 7.34. The van der Waals surface area contributed by atoms with Gasteiger partial charge in [-0.15, -0.1) is 24.0 Å². The van der Waals surface area contributed by atoms with Crippen LogP contribution in [0.1, 0.15) is 49.7 Å². The number of halogens is 1. The van der Waals surface area contributed by atoms with Crippen LogP contribution in [0.2, 0.25) is 0 Å². The topological polar surface area (TPSA) is 73.8 Å². The predicted molar refractivity (Wildman–Crippen MR) is 125 cm³/mol. The number of nitrogens with one attached hydrogen (secondary N) is 2. The lowest BCUT2D eigenvalue weighted by Gasteiger charge is -2.33. The summed E-state index contributed by atoms with van der Waals surface area (Å²) in [5.41, 5.74) is 2.42. The van der Waals surface area contributed by atoms with Crippen LogP contribution >= 0.6 is 24.0 Å². The highest BCUT2D eigenvalue weighted by atomic mass is 127. The van der Waals surface area contributed by atoms with E-state index in [-0.39, 0.29) is 29.7 Å². The van der Waals surface area contributed by atoms with Gasteiger partial charge in [0.2, 0.25) is 10.0 Å². The van der Waals surface area contributed by atoms with Crippen molar-refractivity contribution in [2.75, 3.05) is 27.2 Å². The molecular weight excluding hydrogens is 487 g/mol. The van der Waals surface area contributed by atoms with Gasteiger partial charge in [0.15, 0.2) is 5.96 Å². The summed E-state index contributed by atoms with van der Waals surface area (Å²) in [5, 5.41) is 3.47. The highest BCUT2D eigenvalue weighted by Gasteiger charge is 2.39. The highest BCUT2D eigenvalue weighted by molar-refractivity contribution is 14.0. The summed E-state index contributed by atoms with van der Waals surface area (Å²) in [7, 11) is 0.0554. The minimum Gasteiger partial charge on any atom is -0.352 e.